The summed E-state index contributed by atoms with van der Waals surface area (Å²) in [4.78, 5) is 0. The third-order valence-electron chi connectivity index (χ3n) is 3.76. The maximum Gasteiger partial charge on any atom is 0.151 e. The first-order chi connectivity index (χ1) is 10.8. The summed E-state index contributed by atoms with van der Waals surface area (Å²) in [5, 5.41) is 2.99. The Morgan fingerprint density at radius 3 is 2.39 bits per heavy atom. The van der Waals surface area contributed by atoms with E-state index in [1.165, 1.54) is 18.4 Å². The van der Waals surface area contributed by atoms with E-state index in [9.17, 15) is 17.2 Å². The maximum atomic E-state index is 13.8. The molecule has 2 aromatic rings. The van der Waals surface area contributed by atoms with Gasteiger partial charge in [-0.1, -0.05) is 12.1 Å². The van der Waals surface area contributed by atoms with Crippen molar-refractivity contribution in [1.29, 1.82) is 0 Å². The van der Waals surface area contributed by atoms with Gasteiger partial charge in [-0.25, -0.2) is 17.2 Å². The van der Waals surface area contributed by atoms with Crippen molar-refractivity contribution < 1.29 is 17.2 Å². The molecule has 2 aromatic carbocycles. The minimum Gasteiger partial charge on any atom is -0.353 e. The fourth-order valence-electron chi connectivity index (χ4n) is 2.59. The molecular weight excluding hydrogens is 320 g/mol. The van der Waals surface area contributed by atoms with Crippen LogP contribution >= 0.6 is 0 Å². The van der Waals surface area contributed by atoms with Gasteiger partial charge in [-0.15, -0.1) is 0 Å². The molecule has 0 atom stereocenters. The van der Waals surface area contributed by atoms with Crippen molar-refractivity contribution in [2.75, 3.05) is 11.6 Å². The third kappa shape index (κ3) is 4.07. The van der Waals surface area contributed by atoms with Crippen LogP contribution in [0.25, 0.3) is 0 Å². The molecule has 0 radical (unpaired) electrons. The summed E-state index contributed by atoms with van der Waals surface area (Å²) < 4.78 is 49.7. The highest BCUT2D eigenvalue weighted by Crippen LogP contribution is 2.44. The molecule has 122 valence electrons. The molecule has 6 heteroatoms. The molecule has 1 N–H and O–H groups in total. The number of rotatable bonds is 5. The molecule has 0 bridgehead atoms. The zero-order chi connectivity index (χ0) is 16.6. The quantitative estimate of drug-likeness (QED) is 0.892. The summed E-state index contributed by atoms with van der Waals surface area (Å²) in [6, 6.07) is 8.72. The summed E-state index contributed by atoms with van der Waals surface area (Å²) in [5.41, 5.74) is 2.63. The number of hydrogen-bond donors (Lipinski definition) is 1. The van der Waals surface area contributed by atoms with Gasteiger partial charge in [0, 0.05) is 18.0 Å². The molecule has 0 unspecified atom stereocenters. The molecule has 1 aliphatic rings. The second-order valence-electron chi connectivity index (χ2n) is 6.02. The summed E-state index contributed by atoms with van der Waals surface area (Å²) in [7, 11) is -3.10. The molecule has 0 aliphatic heterocycles. The van der Waals surface area contributed by atoms with Crippen molar-refractivity contribution in [3.05, 3.63) is 59.2 Å². The van der Waals surface area contributed by atoms with Gasteiger partial charge in [-0.2, -0.15) is 0 Å². The normalized spacial score (nSPS) is 14.7. The van der Waals surface area contributed by atoms with Gasteiger partial charge in [-0.05, 0) is 48.1 Å². The Kier molecular flexibility index (Phi) is 4.10. The highest BCUT2D eigenvalue weighted by molar-refractivity contribution is 7.89. The smallest absolute Gasteiger partial charge is 0.151 e. The van der Waals surface area contributed by atoms with E-state index in [-0.39, 0.29) is 11.4 Å². The van der Waals surface area contributed by atoms with Gasteiger partial charge in [-0.3, -0.25) is 0 Å². The number of sulfone groups is 1. The zero-order valence-electron chi connectivity index (χ0n) is 12.6. The predicted molar refractivity (Wildman–Crippen MR) is 86.6 cm³/mol. The molecule has 3 rings (SSSR count). The van der Waals surface area contributed by atoms with E-state index in [0.29, 0.717) is 5.92 Å². The summed E-state index contributed by atoms with van der Waals surface area (Å²) in [5.74, 6) is -0.941. The second kappa shape index (κ2) is 5.92. The Balaban J connectivity index is 1.92. The van der Waals surface area contributed by atoms with E-state index in [1.54, 1.807) is 12.1 Å². The summed E-state index contributed by atoms with van der Waals surface area (Å²) >= 11 is 0. The number of nitrogens with one attached hydrogen (secondary N) is 1. The van der Waals surface area contributed by atoms with E-state index < -0.39 is 21.5 Å². The SMILES string of the molecule is CS(=O)(=O)Cc1ccc(Nc2ccc(F)cc2F)c(C2CC2)c1. The Bertz CT molecular complexity index is 846. The van der Waals surface area contributed by atoms with Crippen LogP contribution in [-0.4, -0.2) is 14.7 Å². The zero-order valence-corrected chi connectivity index (χ0v) is 13.5. The van der Waals surface area contributed by atoms with Crippen molar-refractivity contribution in [1.82, 2.24) is 0 Å². The van der Waals surface area contributed by atoms with Gasteiger partial charge >= 0.3 is 0 Å². The lowest BCUT2D eigenvalue weighted by Crippen LogP contribution is -2.03. The van der Waals surface area contributed by atoms with Crippen molar-refractivity contribution in [2.24, 2.45) is 0 Å². The molecule has 0 saturated heterocycles. The lowest BCUT2D eigenvalue weighted by atomic mass is 10.0. The van der Waals surface area contributed by atoms with Crippen LogP contribution in [0.5, 0.6) is 0 Å². The Morgan fingerprint density at radius 2 is 1.78 bits per heavy atom. The van der Waals surface area contributed by atoms with Crippen LogP contribution in [0.4, 0.5) is 20.2 Å². The number of benzene rings is 2. The first-order valence-electron chi connectivity index (χ1n) is 7.34. The Hall–Kier alpha value is -1.95. The molecule has 1 aliphatic carbocycles. The molecule has 1 fully saturated rings. The van der Waals surface area contributed by atoms with Gasteiger partial charge in [0.15, 0.2) is 9.84 Å². The lowest BCUT2D eigenvalue weighted by molar-refractivity contribution is 0.586. The van der Waals surface area contributed by atoms with Crippen LogP contribution in [0.15, 0.2) is 36.4 Å². The van der Waals surface area contributed by atoms with Gasteiger partial charge in [0.25, 0.3) is 0 Å². The minimum atomic E-state index is -3.10. The number of halogens is 2. The van der Waals surface area contributed by atoms with Crippen molar-refractivity contribution >= 4 is 21.2 Å². The van der Waals surface area contributed by atoms with Gasteiger partial charge in [0.1, 0.15) is 11.6 Å². The van der Waals surface area contributed by atoms with Crippen LogP contribution in [-0.2, 0) is 15.6 Å². The van der Waals surface area contributed by atoms with Crippen LogP contribution in [0, 0.1) is 11.6 Å². The summed E-state index contributed by atoms with van der Waals surface area (Å²) in [6.07, 6.45) is 3.26. The molecule has 23 heavy (non-hydrogen) atoms. The maximum absolute atomic E-state index is 13.8. The minimum absolute atomic E-state index is 0.0160. The molecule has 0 aromatic heterocycles. The van der Waals surface area contributed by atoms with Crippen LogP contribution in [0.3, 0.4) is 0 Å². The molecular formula is C17H17F2NO2S. The Labute approximate surface area is 134 Å². The average Bonchev–Trinajstić information content (AvgIpc) is 3.26. The van der Waals surface area contributed by atoms with Crippen molar-refractivity contribution in [3.8, 4) is 0 Å². The van der Waals surface area contributed by atoms with Crippen LogP contribution in [0.1, 0.15) is 29.9 Å². The molecule has 0 spiro atoms. The van der Waals surface area contributed by atoms with E-state index in [4.69, 9.17) is 0 Å². The second-order valence-corrected chi connectivity index (χ2v) is 8.16. The fourth-order valence-corrected chi connectivity index (χ4v) is 3.37. The monoisotopic (exact) mass is 337 g/mol. The lowest BCUT2D eigenvalue weighted by Gasteiger charge is -2.14. The highest BCUT2D eigenvalue weighted by atomic mass is 32.2. The van der Waals surface area contributed by atoms with E-state index in [2.05, 4.69) is 5.32 Å². The first-order valence-corrected chi connectivity index (χ1v) is 9.40. The highest BCUT2D eigenvalue weighted by Gasteiger charge is 2.27. The third-order valence-corrected chi connectivity index (χ3v) is 4.62. The average molecular weight is 337 g/mol. The topological polar surface area (TPSA) is 46.2 Å². The van der Waals surface area contributed by atoms with E-state index in [1.807, 2.05) is 6.07 Å². The first kappa shape index (κ1) is 15.9. The molecule has 1 saturated carbocycles. The van der Waals surface area contributed by atoms with Crippen LogP contribution < -0.4 is 5.32 Å². The molecule has 0 amide bonds. The molecule has 0 heterocycles. The van der Waals surface area contributed by atoms with Crippen LogP contribution in [0.2, 0.25) is 0 Å². The summed E-state index contributed by atoms with van der Waals surface area (Å²) in [6.45, 7) is 0. The van der Waals surface area contributed by atoms with Gasteiger partial charge in [0.05, 0.1) is 11.4 Å². The number of hydrogen-bond acceptors (Lipinski definition) is 3. The molecule has 3 nitrogen and oxygen atoms in total. The standard InChI is InChI=1S/C17H17F2NO2S/c1-23(21,22)10-11-2-6-16(14(8-11)12-3-4-12)20-17-7-5-13(18)9-15(17)19/h2,5-9,12,20H,3-4,10H2,1H3. The van der Waals surface area contributed by atoms with Gasteiger partial charge < -0.3 is 5.32 Å². The Morgan fingerprint density at radius 1 is 1.09 bits per heavy atom. The van der Waals surface area contributed by atoms with Crippen molar-refractivity contribution in [2.45, 2.75) is 24.5 Å². The predicted octanol–water partition coefficient (Wildman–Crippen LogP) is 4.13. The van der Waals surface area contributed by atoms with E-state index in [0.717, 1.165) is 35.7 Å². The number of anilines is 2. The van der Waals surface area contributed by atoms with Gasteiger partial charge in [0.2, 0.25) is 0 Å². The van der Waals surface area contributed by atoms with Crippen molar-refractivity contribution in [3.63, 3.8) is 0 Å². The fraction of sp³-hybridized carbons (Fsp3) is 0.294. The largest absolute Gasteiger partial charge is 0.353 e. The van der Waals surface area contributed by atoms with E-state index >= 15 is 0 Å².